The van der Waals surface area contributed by atoms with E-state index in [1.807, 2.05) is 0 Å². The number of ether oxygens (including phenoxy) is 1. The highest BCUT2D eigenvalue weighted by Gasteiger charge is 2.21. The number of amides is 1. The lowest BCUT2D eigenvalue weighted by atomic mass is 10.3. The molecule has 0 aromatic heterocycles. The number of aliphatic hydroxyl groups excluding tert-OH is 2. The average molecular weight is 191 g/mol. The standard InChI is InChI=1S/C7H13NO5/c1-4(10)6(11)8-5(3-9)7(12)13-2/h4-5,9-10H,3H2,1-2H3,(H,8,11)/t4?,5-/m0/s1. The van der Waals surface area contributed by atoms with Gasteiger partial charge in [-0.05, 0) is 6.92 Å². The van der Waals surface area contributed by atoms with E-state index >= 15 is 0 Å². The summed E-state index contributed by atoms with van der Waals surface area (Å²) in [6, 6.07) is -1.12. The van der Waals surface area contributed by atoms with Crippen LogP contribution in [0.1, 0.15) is 6.92 Å². The number of nitrogens with one attached hydrogen (secondary N) is 1. The van der Waals surface area contributed by atoms with Crippen molar-refractivity contribution in [2.24, 2.45) is 0 Å². The van der Waals surface area contributed by atoms with Crippen LogP contribution in [0.4, 0.5) is 0 Å². The van der Waals surface area contributed by atoms with E-state index in [0.717, 1.165) is 7.11 Å². The number of aliphatic hydroxyl groups is 2. The first-order valence-electron chi connectivity index (χ1n) is 3.70. The molecule has 0 radical (unpaired) electrons. The predicted octanol–water partition coefficient (Wildman–Crippen LogP) is -1.98. The van der Waals surface area contributed by atoms with Gasteiger partial charge in [-0.25, -0.2) is 4.79 Å². The Hall–Kier alpha value is -1.14. The smallest absolute Gasteiger partial charge is 0.330 e. The zero-order chi connectivity index (χ0) is 10.4. The van der Waals surface area contributed by atoms with Crippen LogP contribution in [0.25, 0.3) is 0 Å². The molecule has 3 N–H and O–H groups in total. The molecule has 0 spiro atoms. The van der Waals surface area contributed by atoms with E-state index in [1.54, 1.807) is 0 Å². The summed E-state index contributed by atoms with van der Waals surface area (Å²) in [5.74, 6) is -1.49. The fourth-order valence-corrected chi connectivity index (χ4v) is 0.614. The van der Waals surface area contributed by atoms with Gasteiger partial charge < -0.3 is 20.3 Å². The summed E-state index contributed by atoms with van der Waals surface area (Å²) in [5.41, 5.74) is 0. The Labute approximate surface area is 75.5 Å². The molecule has 0 rings (SSSR count). The maximum atomic E-state index is 10.9. The minimum absolute atomic E-state index is 0.564. The monoisotopic (exact) mass is 191 g/mol. The third kappa shape index (κ3) is 3.86. The van der Waals surface area contributed by atoms with Crippen LogP contribution in [0.2, 0.25) is 0 Å². The lowest BCUT2D eigenvalue weighted by molar-refractivity contribution is -0.147. The molecule has 0 saturated carbocycles. The molecule has 6 nitrogen and oxygen atoms in total. The Bertz CT molecular complexity index is 191. The Kier molecular flexibility index (Phi) is 5.01. The van der Waals surface area contributed by atoms with Gasteiger partial charge in [0.25, 0.3) is 0 Å². The van der Waals surface area contributed by atoms with Crippen molar-refractivity contribution >= 4 is 11.9 Å². The van der Waals surface area contributed by atoms with Crippen molar-refractivity contribution < 1.29 is 24.5 Å². The highest BCUT2D eigenvalue weighted by molar-refractivity contribution is 5.86. The number of methoxy groups -OCH3 is 1. The summed E-state index contributed by atoms with van der Waals surface area (Å²) < 4.78 is 4.29. The molecule has 0 bridgehead atoms. The zero-order valence-electron chi connectivity index (χ0n) is 7.48. The van der Waals surface area contributed by atoms with Gasteiger partial charge >= 0.3 is 5.97 Å². The second kappa shape index (κ2) is 5.50. The van der Waals surface area contributed by atoms with Gasteiger partial charge in [0.1, 0.15) is 6.10 Å². The second-order valence-corrected chi connectivity index (χ2v) is 2.44. The van der Waals surface area contributed by atoms with Crippen molar-refractivity contribution in [1.82, 2.24) is 5.32 Å². The van der Waals surface area contributed by atoms with E-state index in [0.29, 0.717) is 0 Å². The maximum Gasteiger partial charge on any atom is 0.330 e. The van der Waals surface area contributed by atoms with Crippen molar-refractivity contribution in [1.29, 1.82) is 0 Å². The van der Waals surface area contributed by atoms with Gasteiger partial charge in [0.05, 0.1) is 13.7 Å². The van der Waals surface area contributed by atoms with Gasteiger partial charge in [0.2, 0.25) is 5.91 Å². The SMILES string of the molecule is COC(=O)[C@H](CO)NC(=O)C(C)O. The van der Waals surface area contributed by atoms with Crippen LogP contribution >= 0.6 is 0 Å². The summed E-state index contributed by atoms with van der Waals surface area (Å²) in [6.45, 7) is 0.687. The lowest BCUT2D eigenvalue weighted by Gasteiger charge is -2.14. The Balaban J connectivity index is 4.13. The number of carbonyl (C=O) groups excluding carboxylic acids is 2. The highest BCUT2D eigenvalue weighted by Crippen LogP contribution is 1.89. The predicted molar refractivity (Wildman–Crippen MR) is 42.7 cm³/mol. The Morgan fingerprint density at radius 3 is 2.38 bits per heavy atom. The summed E-state index contributed by atoms with van der Waals surface area (Å²) in [7, 11) is 1.14. The highest BCUT2D eigenvalue weighted by atomic mass is 16.5. The fourth-order valence-electron chi connectivity index (χ4n) is 0.614. The number of hydrogen-bond acceptors (Lipinski definition) is 5. The molecule has 0 saturated heterocycles. The van der Waals surface area contributed by atoms with Crippen LogP contribution in [-0.2, 0) is 14.3 Å². The molecule has 0 aliphatic rings. The van der Waals surface area contributed by atoms with E-state index in [-0.39, 0.29) is 0 Å². The van der Waals surface area contributed by atoms with E-state index in [2.05, 4.69) is 10.1 Å². The van der Waals surface area contributed by atoms with Crippen molar-refractivity contribution in [3.05, 3.63) is 0 Å². The van der Waals surface area contributed by atoms with Gasteiger partial charge in [-0.15, -0.1) is 0 Å². The fraction of sp³-hybridized carbons (Fsp3) is 0.714. The third-order valence-electron chi connectivity index (χ3n) is 1.36. The first kappa shape index (κ1) is 11.9. The number of carbonyl (C=O) groups is 2. The second-order valence-electron chi connectivity index (χ2n) is 2.44. The molecular formula is C7H13NO5. The average Bonchev–Trinajstić information content (AvgIpc) is 2.12. The Morgan fingerprint density at radius 1 is 1.54 bits per heavy atom. The van der Waals surface area contributed by atoms with E-state index < -0.39 is 30.6 Å². The molecule has 0 aliphatic carbocycles. The van der Waals surface area contributed by atoms with Crippen LogP contribution in [-0.4, -0.2) is 48.0 Å². The Morgan fingerprint density at radius 2 is 2.08 bits per heavy atom. The van der Waals surface area contributed by atoms with E-state index in [4.69, 9.17) is 10.2 Å². The molecular weight excluding hydrogens is 178 g/mol. The number of esters is 1. The number of rotatable bonds is 4. The van der Waals surface area contributed by atoms with Crippen LogP contribution in [0.5, 0.6) is 0 Å². The third-order valence-corrected chi connectivity index (χ3v) is 1.36. The summed E-state index contributed by atoms with van der Waals surface area (Å²) in [6.07, 6.45) is -1.22. The van der Waals surface area contributed by atoms with Gasteiger partial charge in [-0.1, -0.05) is 0 Å². The number of hydrogen-bond donors (Lipinski definition) is 3. The van der Waals surface area contributed by atoms with Crippen molar-refractivity contribution in [3.8, 4) is 0 Å². The van der Waals surface area contributed by atoms with Gasteiger partial charge in [0, 0.05) is 0 Å². The summed E-state index contributed by atoms with van der Waals surface area (Å²) in [4.78, 5) is 21.7. The molecule has 0 heterocycles. The van der Waals surface area contributed by atoms with Crippen LogP contribution in [0.15, 0.2) is 0 Å². The van der Waals surface area contributed by atoms with Crippen LogP contribution in [0, 0.1) is 0 Å². The molecule has 6 heteroatoms. The van der Waals surface area contributed by atoms with E-state index in [9.17, 15) is 9.59 Å². The largest absolute Gasteiger partial charge is 0.467 e. The minimum Gasteiger partial charge on any atom is -0.467 e. The summed E-state index contributed by atoms with van der Waals surface area (Å²) >= 11 is 0. The van der Waals surface area contributed by atoms with Crippen molar-refractivity contribution in [3.63, 3.8) is 0 Å². The molecule has 1 unspecified atom stereocenters. The summed E-state index contributed by atoms with van der Waals surface area (Å²) in [5, 5.41) is 19.5. The van der Waals surface area contributed by atoms with Crippen molar-refractivity contribution in [2.45, 2.75) is 19.1 Å². The zero-order valence-corrected chi connectivity index (χ0v) is 7.48. The van der Waals surface area contributed by atoms with E-state index in [1.165, 1.54) is 6.92 Å². The molecule has 0 aromatic rings. The lowest BCUT2D eigenvalue weighted by Crippen LogP contribution is -2.47. The molecule has 13 heavy (non-hydrogen) atoms. The van der Waals surface area contributed by atoms with Gasteiger partial charge in [-0.2, -0.15) is 0 Å². The molecule has 0 aliphatic heterocycles. The molecule has 2 atom stereocenters. The molecule has 0 fully saturated rings. The van der Waals surface area contributed by atoms with Crippen LogP contribution in [0.3, 0.4) is 0 Å². The van der Waals surface area contributed by atoms with Crippen LogP contribution < -0.4 is 5.32 Å². The first-order valence-corrected chi connectivity index (χ1v) is 3.70. The van der Waals surface area contributed by atoms with Gasteiger partial charge in [-0.3, -0.25) is 4.79 Å². The molecule has 76 valence electrons. The van der Waals surface area contributed by atoms with Crippen molar-refractivity contribution in [2.75, 3.05) is 13.7 Å². The minimum atomic E-state index is -1.22. The normalized spacial score (nSPS) is 14.5. The molecule has 1 amide bonds. The topological polar surface area (TPSA) is 95.9 Å². The molecule has 0 aromatic carbocycles. The quantitative estimate of drug-likeness (QED) is 0.447. The van der Waals surface area contributed by atoms with Gasteiger partial charge in [0.15, 0.2) is 6.04 Å². The first-order chi connectivity index (χ1) is 6.02. The maximum absolute atomic E-state index is 10.9.